The van der Waals surface area contributed by atoms with Gasteiger partial charge in [-0.2, -0.15) is 0 Å². The topological polar surface area (TPSA) is 34.1 Å². The summed E-state index contributed by atoms with van der Waals surface area (Å²) in [6.07, 6.45) is 0.928. The van der Waals surface area contributed by atoms with Crippen LogP contribution in [0.25, 0.3) is 0 Å². The Hall–Kier alpha value is -0.450. The van der Waals surface area contributed by atoms with Gasteiger partial charge in [0.05, 0.1) is 17.3 Å². The van der Waals surface area contributed by atoms with Crippen molar-refractivity contribution in [2.24, 2.45) is 0 Å². The third-order valence-electron chi connectivity index (χ3n) is 2.19. The van der Waals surface area contributed by atoms with Crippen LogP contribution in [-0.4, -0.2) is 24.7 Å². The summed E-state index contributed by atoms with van der Waals surface area (Å²) in [7, 11) is 0. The van der Waals surface area contributed by atoms with Gasteiger partial charge in [-0.1, -0.05) is 6.92 Å². The van der Waals surface area contributed by atoms with E-state index in [1.165, 1.54) is 5.01 Å². The minimum atomic E-state index is 0.354. The first-order valence-corrected chi connectivity index (χ1v) is 6.41. The molecule has 0 radical (unpaired) electrons. The average molecular weight is 228 g/mol. The monoisotopic (exact) mass is 228 g/mol. The zero-order valence-corrected chi connectivity index (χ0v) is 10.6. The number of ether oxygens (including phenoxy) is 1. The van der Waals surface area contributed by atoms with E-state index in [1.807, 2.05) is 6.92 Å². The van der Waals surface area contributed by atoms with Crippen molar-refractivity contribution in [3.63, 3.8) is 0 Å². The highest BCUT2D eigenvalue weighted by Crippen LogP contribution is 2.16. The normalized spacial score (nSPS) is 13.0. The Morgan fingerprint density at radius 2 is 2.33 bits per heavy atom. The molecule has 0 saturated heterocycles. The van der Waals surface area contributed by atoms with Crippen LogP contribution in [0.2, 0.25) is 0 Å². The molecule has 1 atom stereocenters. The fourth-order valence-corrected chi connectivity index (χ4v) is 2.23. The molecular formula is C11H20N2OS. The number of rotatable bonds is 7. The molecule has 1 unspecified atom stereocenters. The lowest BCUT2D eigenvalue weighted by Crippen LogP contribution is -2.18. The van der Waals surface area contributed by atoms with Crippen LogP contribution in [-0.2, 0) is 11.2 Å². The Balaban J connectivity index is 2.41. The van der Waals surface area contributed by atoms with Crippen LogP contribution >= 0.6 is 11.3 Å². The Morgan fingerprint density at radius 3 is 3.00 bits per heavy atom. The highest BCUT2D eigenvalue weighted by molar-refractivity contribution is 7.09. The number of nitrogens with one attached hydrogen (secondary N) is 1. The van der Waals surface area contributed by atoms with E-state index in [9.17, 15) is 0 Å². The zero-order chi connectivity index (χ0) is 11.1. The molecule has 0 spiro atoms. The first kappa shape index (κ1) is 12.6. The summed E-state index contributed by atoms with van der Waals surface area (Å²) in [5.74, 6) is 0. The standard InChI is InChI=1S/C11H20N2OS/c1-4-12-9(3)10-8-15-11(13-10)6-7-14-5-2/h8-9,12H,4-7H2,1-3H3. The first-order valence-electron chi connectivity index (χ1n) is 5.53. The Kier molecular flexibility index (Phi) is 5.83. The second-order valence-corrected chi connectivity index (χ2v) is 4.34. The van der Waals surface area contributed by atoms with Gasteiger partial charge in [-0.15, -0.1) is 11.3 Å². The van der Waals surface area contributed by atoms with Gasteiger partial charge in [-0.25, -0.2) is 4.98 Å². The average Bonchev–Trinajstić information content (AvgIpc) is 2.67. The molecule has 1 aromatic rings. The molecule has 0 aliphatic rings. The summed E-state index contributed by atoms with van der Waals surface area (Å²) >= 11 is 1.72. The number of thiazole rings is 1. The zero-order valence-electron chi connectivity index (χ0n) is 9.75. The largest absolute Gasteiger partial charge is 0.381 e. The molecular weight excluding hydrogens is 208 g/mol. The van der Waals surface area contributed by atoms with Gasteiger partial charge >= 0.3 is 0 Å². The SMILES string of the molecule is CCNC(C)c1csc(CCOCC)n1. The van der Waals surface area contributed by atoms with Crippen molar-refractivity contribution >= 4 is 11.3 Å². The summed E-state index contributed by atoms with van der Waals surface area (Å²) in [5.41, 5.74) is 1.15. The Bertz CT molecular complexity index is 275. The second kappa shape index (κ2) is 6.93. The fourth-order valence-electron chi connectivity index (χ4n) is 1.35. The fraction of sp³-hybridized carbons (Fsp3) is 0.727. The molecule has 86 valence electrons. The van der Waals surface area contributed by atoms with Crippen molar-refractivity contribution in [2.75, 3.05) is 19.8 Å². The van der Waals surface area contributed by atoms with Gasteiger partial charge in [0.1, 0.15) is 0 Å². The predicted octanol–water partition coefficient (Wildman–Crippen LogP) is 2.39. The molecule has 0 amide bonds. The molecule has 1 rings (SSSR count). The molecule has 0 aliphatic carbocycles. The molecule has 1 aromatic heterocycles. The lowest BCUT2D eigenvalue weighted by atomic mass is 10.2. The molecule has 0 bridgehead atoms. The number of aromatic nitrogens is 1. The van der Waals surface area contributed by atoms with Crippen LogP contribution in [0.4, 0.5) is 0 Å². The van der Waals surface area contributed by atoms with Crippen LogP contribution in [0.5, 0.6) is 0 Å². The molecule has 0 saturated carbocycles. The second-order valence-electron chi connectivity index (χ2n) is 3.39. The third-order valence-corrected chi connectivity index (χ3v) is 3.11. The summed E-state index contributed by atoms with van der Waals surface area (Å²) in [5, 5.41) is 6.66. The molecule has 1 heterocycles. The van der Waals surface area contributed by atoms with Crippen LogP contribution < -0.4 is 5.32 Å². The van der Waals surface area contributed by atoms with Crippen LogP contribution in [0.1, 0.15) is 37.5 Å². The van der Waals surface area contributed by atoms with E-state index >= 15 is 0 Å². The minimum Gasteiger partial charge on any atom is -0.381 e. The van der Waals surface area contributed by atoms with Crippen molar-refractivity contribution in [3.8, 4) is 0 Å². The highest BCUT2D eigenvalue weighted by atomic mass is 32.1. The van der Waals surface area contributed by atoms with Crippen molar-refractivity contribution < 1.29 is 4.74 Å². The Labute approximate surface area is 95.9 Å². The summed E-state index contributed by atoms with van der Waals surface area (Å²) in [6.45, 7) is 8.81. The van der Waals surface area contributed by atoms with E-state index in [-0.39, 0.29) is 0 Å². The predicted molar refractivity (Wildman–Crippen MR) is 64.4 cm³/mol. The number of nitrogens with zero attached hydrogens (tertiary/aromatic N) is 1. The molecule has 4 heteroatoms. The summed E-state index contributed by atoms with van der Waals surface area (Å²) < 4.78 is 5.31. The first-order chi connectivity index (χ1) is 7.27. The van der Waals surface area contributed by atoms with Crippen molar-refractivity contribution in [1.29, 1.82) is 0 Å². The van der Waals surface area contributed by atoms with Crippen molar-refractivity contribution in [3.05, 3.63) is 16.1 Å². The molecule has 0 aliphatic heterocycles. The third kappa shape index (κ3) is 4.28. The number of hydrogen-bond acceptors (Lipinski definition) is 4. The van der Waals surface area contributed by atoms with Gasteiger partial charge in [0.15, 0.2) is 0 Å². The quantitative estimate of drug-likeness (QED) is 0.728. The molecule has 0 aromatic carbocycles. The van der Waals surface area contributed by atoms with Crippen LogP contribution in [0, 0.1) is 0 Å². The molecule has 15 heavy (non-hydrogen) atoms. The lowest BCUT2D eigenvalue weighted by molar-refractivity contribution is 0.151. The van der Waals surface area contributed by atoms with Gasteiger partial charge in [-0.3, -0.25) is 0 Å². The molecule has 1 N–H and O–H groups in total. The smallest absolute Gasteiger partial charge is 0.0951 e. The van der Waals surface area contributed by atoms with Crippen LogP contribution in [0.3, 0.4) is 0 Å². The maximum Gasteiger partial charge on any atom is 0.0951 e. The van der Waals surface area contributed by atoms with Crippen molar-refractivity contribution in [1.82, 2.24) is 10.3 Å². The summed E-state index contributed by atoms with van der Waals surface area (Å²) in [6, 6.07) is 0.354. The van der Waals surface area contributed by atoms with E-state index in [0.29, 0.717) is 6.04 Å². The van der Waals surface area contributed by atoms with Gasteiger partial charge in [0.2, 0.25) is 0 Å². The van der Waals surface area contributed by atoms with E-state index < -0.39 is 0 Å². The van der Waals surface area contributed by atoms with Gasteiger partial charge in [-0.05, 0) is 20.4 Å². The van der Waals surface area contributed by atoms with Crippen molar-refractivity contribution in [2.45, 2.75) is 33.2 Å². The van der Waals surface area contributed by atoms with Gasteiger partial charge in [0, 0.05) is 24.4 Å². The maximum atomic E-state index is 5.31. The van der Waals surface area contributed by atoms with Crippen LogP contribution in [0.15, 0.2) is 5.38 Å². The van der Waals surface area contributed by atoms with Gasteiger partial charge in [0.25, 0.3) is 0 Å². The minimum absolute atomic E-state index is 0.354. The van der Waals surface area contributed by atoms with E-state index in [1.54, 1.807) is 11.3 Å². The number of hydrogen-bond donors (Lipinski definition) is 1. The lowest BCUT2D eigenvalue weighted by Gasteiger charge is -2.08. The summed E-state index contributed by atoms with van der Waals surface area (Å²) in [4.78, 5) is 4.58. The molecule has 3 nitrogen and oxygen atoms in total. The molecule has 0 fully saturated rings. The van der Waals surface area contributed by atoms with Gasteiger partial charge < -0.3 is 10.1 Å². The van der Waals surface area contributed by atoms with E-state index in [2.05, 4.69) is 29.5 Å². The Morgan fingerprint density at radius 1 is 1.53 bits per heavy atom. The van der Waals surface area contributed by atoms with E-state index in [0.717, 1.165) is 31.9 Å². The van der Waals surface area contributed by atoms with E-state index in [4.69, 9.17) is 4.74 Å². The highest BCUT2D eigenvalue weighted by Gasteiger charge is 2.08. The maximum absolute atomic E-state index is 5.31.